The van der Waals surface area contributed by atoms with E-state index in [0.29, 0.717) is 6.54 Å². The maximum atomic E-state index is 12.7. The van der Waals surface area contributed by atoms with Gasteiger partial charge in [0.05, 0.1) is 5.41 Å². The van der Waals surface area contributed by atoms with Gasteiger partial charge in [-0.15, -0.1) is 0 Å². The fourth-order valence-corrected chi connectivity index (χ4v) is 2.63. The summed E-state index contributed by atoms with van der Waals surface area (Å²) in [6.45, 7) is 12.0. The topological polar surface area (TPSA) is 53.2 Å². The Morgan fingerprint density at radius 1 is 1.00 bits per heavy atom. The van der Waals surface area contributed by atoms with Crippen LogP contribution in [-0.2, 0) is 10.2 Å². The summed E-state index contributed by atoms with van der Waals surface area (Å²) in [6.07, 6.45) is 1.56. The van der Waals surface area contributed by atoms with Crippen LogP contribution in [0.25, 0.3) is 0 Å². The van der Waals surface area contributed by atoms with Gasteiger partial charge in [-0.1, -0.05) is 44.2 Å². The highest BCUT2D eigenvalue weighted by molar-refractivity contribution is 5.87. The molecule has 0 radical (unpaired) electrons. The molecular formula is C18H31N3O. The van der Waals surface area contributed by atoms with Crippen LogP contribution >= 0.6 is 0 Å². The average molecular weight is 305 g/mol. The second-order valence-electron chi connectivity index (χ2n) is 6.71. The molecule has 1 rings (SSSR count). The van der Waals surface area contributed by atoms with Gasteiger partial charge in [0.1, 0.15) is 0 Å². The average Bonchev–Trinajstić information content (AvgIpc) is 2.49. The molecule has 124 valence electrons. The second kappa shape index (κ2) is 8.30. The Labute approximate surface area is 135 Å². The van der Waals surface area contributed by atoms with Crippen molar-refractivity contribution in [1.29, 1.82) is 0 Å². The van der Waals surface area contributed by atoms with Gasteiger partial charge in [0.2, 0.25) is 5.91 Å². The Morgan fingerprint density at radius 2 is 1.59 bits per heavy atom. The summed E-state index contributed by atoms with van der Waals surface area (Å²) in [6, 6.07) is 10.0. The van der Waals surface area contributed by atoms with E-state index < -0.39 is 5.41 Å². The second-order valence-corrected chi connectivity index (χ2v) is 6.71. The quantitative estimate of drug-likeness (QED) is 0.511. The van der Waals surface area contributed by atoms with Gasteiger partial charge >= 0.3 is 0 Å². The Balaban J connectivity index is 2.60. The minimum absolute atomic E-state index is 0.0412. The number of nitrogens with one attached hydrogen (secondary N) is 3. The third kappa shape index (κ3) is 5.11. The van der Waals surface area contributed by atoms with Gasteiger partial charge in [-0.25, -0.2) is 5.43 Å². The summed E-state index contributed by atoms with van der Waals surface area (Å²) in [5, 5.41) is 3.38. The molecule has 0 aliphatic heterocycles. The predicted molar refractivity (Wildman–Crippen MR) is 92.6 cm³/mol. The van der Waals surface area contributed by atoms with Gasteiger partial charge in [0.25, 0.3) is 0 Å². The monoisotopic (exact) mass is 305 g/mol. The molecule has 1 aromatic rings. The van der Waals surface area contributed by atoms with E-state index in [2.05, 4.69) is 50.8 Å². The highest BCUT2D eigenvalue weighted by Gasteiger charge is 2.36. The standard InChI is InChI=1S/C18H31N3O/c1-6-18(7-2,15-11-9-8-10-12-15)16(22)21-20-14-13-19-17(3,4)5/h8-12,19-20H,6-7,13-14H2,1-5H3,(H,21,22). The fraction of sp³-hybridized carbons (Fsp3) is 0.611. The fourth-order valence-electron chi connectivity index (χ4n) is 2.63. The van der Waals surface area contributed by atoms with Crippen molar-refractivity contribution < 1.29 is 4.79 Å². The Kier molecular flexibility index (Phi) is 7.04. The summed E-state index contributed by atoms with van der Waals surface area (Å²) in [4.78, 5) is 12.7. The molecule has 0 aliphatic carbocycles. The molecule has 0 atom stereocenters. The van der Waals surface area contributed by atoms with Crippen molar-refractivity contribution in [1.82, 2.24) is 16.2 Å². The Bertz CT molecular complexity index is 447. The first-order valence-corrected chi connectivity index (χ1v) is 8.19. The minimum Gasteiger partial charge on any atom is -0.311 e. The molecule has 0 saturated heterocycles. The third-order valence-corrected chi connectivity index (χ3v) is 4.08. The van der Waals surface area contributed by atoms with Crippen LogP contribution in [0.1, 0.15) is 53.0 Å². The SMILES string of the molecule is CCC(CC)(C(=O)NNCCNC(C)(C)C)c1ccccc1. The van der Waals surface area contributed by atoms with Gasteiger partial charge in [0, 0.05) is 18.6 Å². The first kappa shape index (κ1) is 18.7. The summed E-state index contributed by atoms with van der Waals surface area (Å²) in [7, 11) is 0. The highest BCUT2D eigenvalue weighted by atomic mass is 16.2. The molecule has 0 saturated carbocycles. The van der Waals surface area contributed by atoms with Crippen LogP contribution in [0.5, 0.6) is 0 Å². The summed E-state index contributed by atoms with van der Waals surface area (Å²) in [5.74, 6) is 0.0412. The minimum atomic E-state index is -0.467. The van der Waals surface area contributed by atoms with E-state index in [1.54, 1.807) is 0 Å². The Hall–Kier alpha value is -1.39. The zero-order chi connectivity index (χ0) is 16.6. The van der Waals surface area contributed by atoms with Crippen molar-refractivity contribution >= 4 is 5.91 Å². The highest BCUT2D eigenvalue weighted by Crippen LogP contribution is 2.31. The van der Waals surface area contributed by atoms with Crippen molar-refractivity contribution in [3.8, 4) is 0 Å². The number of hydrogen-bond donors (Lipinski definition) is 3. The molecule has 1 aromatic carbocycles. The zero-order valence-electron chi connectivity index (χ0n) is 14.6. The molecule has 0 bridgehead atoms. The number of carbonyl (C=O) groups is 1. The van der Waals surface area contributed by atoms with Crippen molar-refractivity contribution in [2.45, 2.75) is 58.4 Å². The number of hydrogen-bond acceptors (Lipinski definition) is 3. The van der Waals surface area contributed by atoms with E-state index in [-0.39, 0.29) is 11.4 Å². The van der Waals surface area contributed by atoms with Crippen LogP contribution in [0.4, 0.5) is 0 Å². The Morgan fingerprint density at radius 3 is 2.09 bits per heavy atom. The molecule has 0 fully saturated rings. The third-order valence-electron chi connectivity index (χ3n) is 4.08. The first-order chi connectivity index (χ1) is 10.4. The van der Waals surface area contributed by atoms with Gasteiger partial charge in [0.15, 0.2) is 0 Å². The van der Waals surface area contributed by atoms with E-state index in [0.717, 1.165) is 24.9 Å². The lowest BCUT2D eigenvalue weighted by Gasteiger charge is -2.31. The van der Waals surface area contributed by atoms with Crippen LogP contribution < -0.4 is 16.2 Å². The molecule has 0 spiro atoms. The maximum Gasteiger partial charge on any atom is 0.244 e. The van der Waals surface area contributed by atoms with Crippen LogP contribution in [0.15, 0.2) is 30.3 Å². The molecule has 3 N–H and O–H groups in total. The van der Waals surface area contributed by atoms with E-state index >= 15 is 0 Å². The molecule has 0 aliphatic rings. The van der Waals surface area contributed by atoms with E-state index in [1.165, 1.54) is 0 Å². The van der Waals surface area contributed by atoms with Gasteiger partial charge in [-0.2, -0.15) is 0 Å². The van der Waals surface area contributed by atoms with E-state index in [4.69, 9.17) is 0 Å². The van der Waals surface area contributed by atoms with Crippen molar-refractivity contribution in [2.75, 3.05) is 13.1 Å². The molecule has 0 unspecified atom stereocenters. The smallest absolute Gasteiger partial charge is 0.244 e. The summed E-state index contributed by atoms with van der Waals surface area (Å²) >= 11 is 0. The molecule has 1 amide bonds. The molecule has 4 nitrogen and oxygen atoms in total. The lowest BCUT2D eigenvalue weighted by atomic mass is 9.75. The van der Waals surface area contributed by atoms with E-state index in [9.17, 15) is 4.79 Å². The molecule has 22 heavy (non-hydrogen) atoms. The number of carbonyl (C=O) groups excluding carboxylic acids is 1. The number of rotatable bonds is 8. The summed E-state index contributed by atoms with van der Waals surface area (Å²) < 4.78 is 0. The molecule has 4 heteroatoms. The van der Waals surface area contributed by atoms with Crippen LogP contribution in [0, 0.1) is 0 Å². The van der Waals surface area contributed by atoms with Crippen molar-refractivity contribution in [3.05, 3.63) is 35.9 Å². The van der Waals surface area contributed by atoms with Gasteiger partial charge in [-0.05, 0) is 39.2 Å². The number of benzene rings is 1. The van der Waals surface area contributed by atoms with Crippen LogP contribution in [0.3, 0.4) is 0 Å². The number of amides is 1. The first-order valence-electron chi connectivity index (χ1n) is 8.19. The maximum absolute atomic E-state index is 12.7. The van der Waals surface area contributed by atoms with Gasteiger partial charge < -0.3 is 5.32 Å². The van der Waals surface area contributed by atoms with Crippen LogP contribution in [-0.4, -0.2) is 24.5 Å². The summed E-state index contributed by atoms with van der Waals surface area (Å²) in [5.41, 5.74) is 6.62. The number of hydrazine groups is 1. The van der Waals surface area contributed by atoms with Crippen LogP contribution in [0.2, 0.25) is 0 Å². The molecular weight excluding hydrogens is 274 g/mol. The largest absolute Gasteiger partial charge is 0.311 e. The van der Waals surface area contributed by atoms with E-state index in [1.807, 2.05) is 30.3 Å². The molecule has 0 heterocycles. The normalized spacial score (nSPS) is 12.2. The van der Waals surface area contributed by atoms with Crippen molar-refractivity contribution in [2.24, 2.45) is 0 Å². The predicted octanol–water partition coefficient (Wildman–Crippen LogP) is 2.75. The van der Waals surface area contributed by atoms with Crippen molar-refractivity contribution in [3.63, 3.8) is 0 Å². The molecule has 0 aromatic heterocycles. The lowest BCUT2D eigenvalue weighted by molar-refractivity contribution is -0.128. The zero-order valence-corrected chi connectivity index (χ0v) is 14.6. The van der Waals surface area contributed by atoms with Gasteiger partial charge in [-0.3, -0.25) is 10.2 Å². The lowest BCUT2D eigenvalue weighted by Crippen LogP contribution is -2.51.